The van der Waals surface area contributed by atoms with Crippen molar-refractivity contribution in [2.75, 3.05) is 13.2 Å². The van der Waals surface area contributed by atoms with Crippen LogP contribution in [0.4, 0.5) is 5.69 Å². The molecule has 0 aromatic heterocycles. The number of fused-ring (bicyclic) bond motifs is 1. The number of carbonyl (C=O) groups is 1. The van der Waals surface area contributed by atoms with E-state index >= 15 is 0 Å². The minimum absolute atomic E-state index is 0.00371. The number of rotatable bonds is 5. The first kappa shape index (κ1) is 18.0. The smallest absolute Gasteiger partial charge is 0.269 e. The van der Waals surface area contributed by atoms with Crippen LogP contribution in [0.5, 0.6) is 11.5 Å². The Balaban J connectivity index is 1.60. The molecule has 0 bridgehead atoms. The summed E-state index contributed by atoms with van der Waals surface area (Å²) in [6.07, 6.45) is 0.919. The lowest BCUT2D eigenvalue weighted by molar-refractivity contribution is -0.384. The highest BCUT2D eigenvalue weighted by atomic mass is 35.5. The molecule has 0 spiro atoms. The van der Waals surface area contributed by atoms with Crippen molar-refractivity contribution in [3.05, 3.63) is 62.7 Å². The van der Waals surface area contributed by atoms with E-state index in [1.807, 2.05) is 0 Å². The monoisotopic (exact) mass is 376 g/mol. The van der Waals surface area contributed by atoms with Gasteiger partial charge < -0.3 is 14.8 Å². The van der Waals surface area contributed by atoms with Crippen LogP contribution in [0, 0.1) is 10.1 Å². The van der Waals surface area contributed by atoms with Crippen molar-refractivity contribution in [3.63, 3.8) is 0 Å². The van der Waals surface area contributed by atoms with Gasteiger partial charge in [-0.25, -0.2) is 0 Å². The van der Waals surface area contributed by atoms with E-state index in [4.69, 9.17) is 21.1 Å². The zero-order valence-electron chi connectivity index (χ0n) is 13.9. The highest BCUT2D eigenvalue weighted by Crippen LogP contribution is 2.37. The molecule has 0 unspecified atom stereocenters. The number of nitro groups is 1. The van der Waals surface area contributed by atoms with Crippen molar-refractivity contribution >= 4 is 23.2 Å². The molecule has 1 N–H and O–H groups in total. The van der Waals surface area contributed by atoms with Gasteiger partial charge in [0, 0.05) is 25.1 Å². The van der Waals surface area contributed by atoms with Crippen LogP contribution in [0.25, 0.3) is 0 Å². The van der Waals surface area contributed by atoms with Gasteiger partial charge in [-0.05, 0) is 23.3 Å². The van der Waals surface area contributed by atoms with Crippen LogP contribution >= 0.6 is 11.6 Å². The normalized spacial score (nSPS) is 13.0. The number of ether oxygens (including phenoxy) is 2. The van der Waals surface area contributed by atoms with E-state index < -0.39 is 4.92 Å². The van der Waals surface area contributed by atoms with Gasteiger partial charge in [0.25, 0.3) is 5.69 Å². The lowest BCUT2D eigenvalue weighted by atomic mass is 10.1. The summed E-state index contributed by atoms with van der Waals surface area (Å²) in [7, 11) is 0. The Bertz CT molecular complexity index is 823. The highest BCUT2D eigenvalue weighted by molar-refractivity contribution is 6.32. The summed E-state index contributed by atoms with van der Waals surface area (Å²) in [5.41, 5.74) is 1.50. The fraction of sp³-hybridized carbons (Fsp3) is 0.278. The van der Waals surface area contributed by atoms with Crippen molar-refractivity contribution in [1.82, 2.24) is 5.32 Å². The number of carbonyl (C=O) groups excluding carboxylic acids is 1. The third-order valence-electron chi connectivity index (χ3n) is 3.86. The van der Waals surface area contributed by atoms with Gasteiger partial charge in [-0.2, -0.15) is 0 Å². The van der Waals surface area contributed by atoms with Gasteiger partial charge in [-0.15, -0.1) is 0 Å². The van der Waals surface area contributed by atoms with Crippen molar-refractivity contribution in [2.24, 2.45) is 0 Å². The van der Waals surface area contributed by atoms with E-state index in [-0.39, 0.29) is 18.0 Å². The number of nitrogens with zero attached hydrogens (tertiary/aromatic N) is 1. The van der Waals surface area contributed by atoms with E-state index in [1.54, 1.807) is 24.3 Å². The number of nitrogens with one attached hydrogen (secondary N) is 1. The van der Waals surface area contributed by atoms with Crippen LogP contribution in [0.3, 0.4) is 0 Å². The number of nitro benzene ring substituents is 1. The number of hydrogen-bond donors (Lipinski definition) is 1. The molecule has 2 aromatic rings. The molecule has 1 aliphatic rings. The second-order valence-electron chi connectivity index (χ2n) is 5.83. The number of benzene rings is 2. The Morgan fingerprint density at radius 1 is 1.15 bits per heavy atom. The standard InChI is InChI=1S/C18H17ClN2O5/c19-15-8-13(9-16-18(15)26-7-1-6-25-16)11-20-17(22)10-12-2-4-14(5-3-12)21(23)24/h2-5,8-9H,1,6-7,10-11H2,(H,20,22). The Morgan fingerprint density at radius 3 is 2.62 bits per heavy atom. The van der Waals surface area contributed by atoms with Gasteiger partial charge in [0.1, 0.15) is 0 Å². The summed E-state index contributed by atoms with van der Waals surface area (Å²) in [6.45, 7) is 1.40. The summed E-state index contributed by atoms with van der Waals surface area (Å²) >= 11 is 6.23. The minimum Gasteiger partial charge on any atom is -0.489 e. The molecule has 7 nitrogen and oxygen atoms in total. The molecule has 2 aromatic carbocycles. The predicted molar refractivity (Wildman–Crippen MR) is 95.7 cm³/mol. The van der Waals surface area contributed by atoms with Crippen LogP contribution in [0.1, 0.15) is 17.5 Å². The molecule has 3 rings (SSSR count). The zero-order chi connectivity index (χ0) is 18.5. The Labute approximate surface area is 155 Å². The van der Waals surface area contributed by atoms with Gasteiger partial charge in [-0.3, -0.25) is 14.9 Å². The van der Waals surface area contributed by atoms with Gasteiger partial charge >= 0.3 is 0 Å². The van der Waals surface area contributed by atoms with Gasteiger partial charge in [0.2, 0.25) is 5.91 Å². The number of hydrogen-bond acceptors (Lipinski definition) is 5. The van der Waals surface area contributed by atoms with Crippen molar-refractivity contribution in [2.45, 2.75) is 19.4 Å². The molecule has 0 saturated carbocycles. The molecule has 0 atom stereocenters. The molecule has 0 aliphatic carbocycles. The largest absolute Gasteiger partial charge is 0.489 e. The zero-order valence-corrected chi connectivity index (χ0v) is 14.6. The van der Waals surface area contributed by atoms with E-state index in [2.05, 4.69) is 5.32 Å². The van der Waals surface area contributed by atoms with Crippen molar-refractivity contribution in [1.29, 1.82) is 0 Å². The molecule has 1 aliphatic heterocycles. The molecule has 1 heterocycles. The Hall–Kier alpha value is -2.80. The summed E-state index contributed by atoms with van der Waals surface area (Å²) in [4.78, 5) is 22.3. The minimum atomic E-state index is -0.474. The van der Waals surface area contributed by atoms with Crippen LogP contribution in [0.2, 0.25) is 5.02 Å². The molecule has 0 radical (unpaired) electrons. The number of amides is 1. The first-order valence-corrected chi connectivity index (χ1v) is 8.49. The molecular formula is C18H17ClN2O5. The van der Waals surface area contributed by atoms with E-state index in [0.29, 0.717) is 41.8 Å². The van der Waals surface area contributed by atoms with Crippen LogP contribution in [-0.2, 0) is 17.8 Å². The van der Waals surface area contributed by atoms with Crippen molar-refractivity contribution in [3.8, 4) is 11.5 Å². The molecule has 0 saturated heterocycles. The summed E-state index contributed by atoms with van der Waals surface area (Å²) < 4.78 is 11.2. The third-order valence-corrected chi connectivity index (χ3v) is 4.14. The summed E-state index contributed by atoms with van der Waals surface area (Å²) in [6, 6.07) is 9.45. The molecule has 1 amide bonds. The van der Waals surface area contributed by atoms with Crippen LogP contribution < -0.4 is 14.8 Å². The maximum absolute atomic E-state index is 12.1. The summed E-state index contributed by atoms with van der Waals surface area (Å²) in [5, 5.41) is 13.9. The predicted octanol–water partition coefficient (Wildman–Crippen LogP) is 3.27. The van der Waals surface area contributed by atoms with Crippen LogP contribution in [-0.4, -0.2) is 24.0 Å². The maximum Gasteiger partial charge on any atom is 0.269 e. The molecule has 136 valence electrons. The second-order valence-corrected chi connectivity index (χ2v) is 6.24. The molecule has 26 heavy (non-hydrogen) atoms. The van der Waals surface area contributed by atoms with E-state index in [9.17, 15) is 14.9 Å². The fourth-order valence-electron chi connectivity index (χ4n) is 2.57. The Morgan fingerprint density at radius 2 is 1.88 bits per heavy atom. The Kier molecular flexibility index (Phi) is 5.58. The number of halogens is 1. The average Bonchev–Trinajstić information content (AvgIpc) is 2.86. The first-order valence-electron chi connectivity index (χ1n) is 8.11. The maximum atomic E-state index is 12.1. The average molecular weight is 377 g/mol. The van der Waals surface area contributed by atoms with Crippen LogP contribution in [0.15, 0.2) is 36.4 Å². The molecular weight excluding hydrogens is 360 g/mol. The van der Waals surface area contributed by atoms with Gasteiger partial charge in [0.15, 0.2) is 11.5 Å². The number of non-ortho nitro benzene ring substituents is 1. The van der Waals surface area contributed by atoms with Gasteiger partial charge in [0.05, 0.1) is 29.6 Å². The molecule has 0 fully saturated rings. The highest BCUT2D eigenvalue weighted by Gasteiger charge is 2.16. The lowest BCUT2D eigenvalue weighted by Crippen LogP contribution is -2.24. The summed E-state index contributed by atoms with van der Waals surface area (Å²) in [5.74, 6) is 0.918. The molecule has 8 heteroatoms. The quantitative estimate of drug-likeness (QED) is 0.638. The fourth-order valence-corrected chi connectivity index (χ4v) is 2.86. The second kappa shape index (κ2) is 8.05. The topological polar surface area (TPSA) is 90.7 Å². The first-order chi connectivity index (χ1) is 12.5. The van der Waals surface area contributed by atoms with E-state index in [1.165, 1.54) is 12.1 Å². The van der Waals surface area contributed by atoms with E-state index in [0.717, 1.165) is 12.0 Å². The van der Waals surface area contributed by atoms with Gasteiger partial charge in [-0.1, -0.05) is 23.7 Å². The van der Waals surface area contributed by atoms with Crippen molar-refractivity contribution < 1.29 is 19.2 Å². The SMILES string of the molecule is O=C(Cc1ccc([N+](=O)[O-])cc1)NCc1cc(Cl)c2c(c1)OCCCO2. The lowest BCUT2D eigenvalue weighted by Gasteiger charge is -2.12. The third kappa shape index (κ3) is 4.43.